The number of benzene rings is 4. The van der Waals surface area contributed by atoms with E-state index in [2.05, 4.69) is 15.5 Å². The van der Waals surface area contributed by atoms with Crippen molar-refractivity contribution in [3.8, 4) is 11.5 Å². The van der Waals surface area contributed by atoms with E-state index in [4.69, 9.17) is 16.3 Å². The summed E-state index contributed by atoms with van der Waals surface area (Å²) in [5, 5.41) is 22.9. The molecule has 36 heavy (non-hydrogen) atoms. The summed E-state index contributed by atoms with van der Waals surface area (Å²) < 4.78 is 38.0. The minimum absolute atomic E-state index is 0.00454. The van der Waals surface area contributed by atoms with Gasteiger partial charge in [-0.1, -0.05) is 41.9 Å². The van der Waals surface area contributed by atoms with Gasteiger partial charge in [-0.2, -0.15) is 13.5 Å². The number of azo groups is 1. The zero-order valence-corrected chi connectivity index (χ0v) is 20.6. The number of fused-ring (bicyclic) bond motifs is 1. The van der Waals surface area contributed by atoms with Crippen LogP contribution in [0.1, 0.15) is 15.9 Å². The quantitative estimate of drug-likeness (QED) is 0.196. The van der Waals surface area contributed by atoms with Crippen molar-refractivity contribution in [2.24, 2.45) is 10.2 Å². The van der Waals surface area contributed by atoms with Crippen LogP contribution in [0.5, 0.6) is 11.5 Å². The van der Waals surface area contributed by atoms with Crippen molar-refractivity contribution in [1.82, 2.24) is 0 Å². The standard InChI is InChI=1S/C25H20ClN3O6S/c1-14-10-17(13-21(22(14)26)36(32,33)34)28-29-23-19-9-4-3-6-15(19)11-20(24(23)30)25(31)27-16-7-5-8-18(12-16)35-2/h3-13,30H,1-2H3,(H,27,31)(H,32,33,34). The second-order valence-electron chi connectivity index (χ2n) is 7.78. The van der Waals surface area contributed by atoms with E-state index >= 15 is 0 Å². The van der Waals surface area contributed by atoms with Crippen LogP contribution in [0, 0.1) is 6.92 Å². The van der Waals surface area contributed by atoms with Crippen LogP contribution in [0.25, 0.3) is 10.8 Å². The molecule has 11 heteroatoms. The van der Waals surface area contributed by atoms with Gasteiger partial charge in [0.25, 0.3) is 16.0 Å². The number of nitrogens with one attached hydrogen (secondary N) is 1. The largest absolute Gasteiger partial charge is 0.505 e. The highest BCUT2D eigenvalue weighted by molar-refractivity contribution is 7.86. The van der Waals surface area contributed by atoms with Crippen LogP contribution in [-0.2, 0) is 10.1 Å². The second kappa shape index (κ2) is 9.94. The minimum Gasteiger partial charge on any atom is -0.505 e. The van der Waals surface area contributed by atoms with Crippen molar-refractivity contribution in [3.63, 3.8) is 0 Å². The molecule has 4 aromatic rings. The van der Waals surface area contributed by atoms with Crippen molar-refractivity contribution in [2.45, 2.75) is 11.8 Å². The maximum Gasteiger partial charge on any atom is 0.296 e. The van der Waals surface area contributed by atoms with Crippen LogP contribution in [-0.4, -0.2) is 31.1 Å². The third-order valence-electron chi connectivity index (χ3n) is 5.32. The van der Waals surface area contributed by atoms with Crippen molar-refractivity contribution in [2.75, 3.05) is 12.4 Å². The lowest BCUT2D eigenvalue weighted by Crippen LogP contribution is -2.12. The fraction of sp³-hybridized carbons (Fsp3) is 0.0800. The molecular formula is C25H20ClN3O6S. The molecule has 0 fully saturated rings. The van der Waals surface area contributed by atoms with E-state index in [1.807, 2.05) is 0 Å². The monoisotopic (exact) mass is 525 g/mol. The van der Waals surface area contributed by atoms with Crippen molar-refractivity contribution >= 4 is 55.5 Å². The fourth-order valence-electron chi connectivity index (χ4n) is 3.56. The molecule has 0 heterocycles. The van der Waals surface area contributed by atoms with E-state index in [9.17, 15) is 22.9 Å². The van der Waals surface area contributed by atoms with Gasteiger partial charge in [-0.05, 0) is 48.2 Å². The Labute approximate surface area is 211 Å². The van der Waals surface area contributed by atoms with E-state index in [1.54, 1.807) is 55.5 Å². The number of aryl methyl sites for hydroxylation is 1. The molecule has 0 aliphatic heterocycles. The Bertz CT molecular complexity index is 1640. The molecule has 0 radical (unpaired) electrons. The van der Waals surface area contributed by atoms with E-state index in [0.29, 0.717) is 27.8 Å². The molecule has 4 rings (SSSR count). The average molecular weight is 526 g/mol. The summed E-state index contributed by atoms with van der Waals surface area (Å²) in [6.45, 7) is 1.55. The lowest BCUT2D eigenvalue weighted by Gasteiger charge is -2.12. The Morgan fingerprint density at radius 2 is 1.78 bits per heavy atom. The van der Waals surface area contributed by atoms with Crippen LogP contribution in [0.4, 0.5) is 17.1 Å². The van der Waals surface area contributed by atoms with Crippen LogP contribution in [0.3, 0.4) is 0 Å². The minimum atomic E-state index is -4.60. The van der Waals surface area contributed by atoms with Gasteiger partial charge in [0.05, 0.1) is 23.4 Å². The zero-order chi connectivity index (χ0) is 26.0. The molecule has 3 N–H and O–H groups in total. The molecule has 0 saturated carbocycles. The molecule has 0 aliphatic rings. The Balaban J connectivity index is 1.79. The SMILES string of the molecule is COc1cccc(NC(=O)c2cc3ccccc3c(N=Nc3cc(C)c(Cl)c(S(=O)(=O)O)c3)c2O)c1. The van der Waals surface area contributed by atoms with Gasteiger partial charge >= 0.3 is 0 Å². The number of hydrogen-bond donors (Lipinski definition) is 3. The highest BCUT2D eigenvalue weighted by atomic mass is 35.5. The van der Waals surface area contributed by atoms with Crippen LogP contribution < -0.4 is 10.1 Å². The first-order valence-corrected chi connectivity index (χ1v) is 12.3. The second-order valence-corrected chi connectivity index (χ2v) is 9.55. The Hall–Kier alpha value is -3.99. The molecule has 9 nitrogen and oxygen atoms in total. The summed E-state index contributed by atoms with van der Waals surface area (Å²) in [7, 11) is -3.09. The third kappa shape index (κ3) is 5.15. The van der Waals surface area contributed by atoms with Gasteiger partial charge < -0.3 is 15.2 Å². The average Bonchev–Trinajstić information content (AvgIpc) is 2.84. The van der Waals surface area contributed by atoms with Gasteiger partial charge in [0.15, 0.2) is 5.75 Å². The van der Waals surface area contributed by atoms with Gasteiger partial charge in [0, 0.05) is 17.1 Å². The first-order valence-electron chi connectivity index (χ1n) is 10.5. The van der Waals surface area contributed by atoms with Gasteiger partial charge in [0.2, 0.25) is 0 Å². The van der Waals surface area contributed by atoms with Crippen molar-refractivity contribution < 1.29 is 27.6 Å². The van der Waals surface area contributed by atoms with Gasteiger partial charge in [0.1, 0.15) is 16.3 Å². The van der Waals surface area contributed by atoms with Crippen LogP contribution >= 0.6 is 11.6 Å². The van der Waals surface area contributed by atoms with Gasteiger partial charge in [-0.15, -0.1) is 5.11 Å². The smallest absolute Gasteiger partial charge is 0.296 e. The van der Waals surface area contributed by atoms with E-state index < -0.39 is 26.7 Å². The lowest BCUT2D eigenvalue weighted by molar-refractivity contribution is 0.102. The van der Waals surface area contributed by atoms with E-state index in [-0.39, 0.29) is 22.0 Å². The maximum atomic E-state index is 13.0. The molecule has 0 atom stereocenters. The summed E-state index contributed by atoms with van der Waals surface area (Å²) in [6.07, 6.45) is 0. The first kappa shape index (κ1) is 25.1. The van der Waals surface area contributed by atoms with Crippen molar-refractivity contribution in [1.29, 1.82) is 0 Å². The number of aromatic hydroxyl groups is 1. The molecule has 1 amide bonds. The summed E-state index contributed by atoms with van der Waals surface area (Å²) in [5.74, 6) is -0.454. The summed E-state index contributed by atoms with van der Waals surface area (Å²) >= 11 is 6.01. The maximum absolute atomic E-state index is 13.0. The zero-order valence-electron chi connectivity index (χ0n) is 19.1. The highest BCUT2D eigenvalue weighted by Gasteiger charge is 2.20. The normalized spacial score (nSPS) is 11.7. The number of methoxy groups -OCH3 is 1. The highest BCUT2D eigenvalue weighted by Crippen LogP contribution is 2.40. The summed E-state index contributed by atoms with van der Waals surface area (Å²) in [6, 6.07) is 17.8. The molecule has 0 unspecified atom stereocenters. The predicted molar refractivity (Wildman–Crippen MR) is 137 cm³/mol. The summed E-state index contributed by atoms with van der Waals surface area (Å²) in [5.41, 5.74) is 0.839. The number of carbonyl (C=O) groups excluding carboxylic acids is 1. The number of nitrogens with zero attached hydrogens (tertiary/aromatic N) is 2. The van der Waals surface area contributed by atoms with Crippen molar-refractivity contribution in [3.05, 3.63) is 82.9 Å². The molecule has 184 valence electrons. The molecule has 0 bridgehead atoms. The first-order chi connectivity index (χ1) is 17.1. The number of anilines is 1. The number of phenols is 1. The summed E-state index contributed by atoms with van der Waals surface area (Å²) in [4.78, 5) is 12.5. The third-order valence-corrected chi connectivity index (χ3v) is 6.81. The van der Waals surface area contributed by atoms with E-state index in [0.717, 1.165) is 6.07 Å². The molecule has 0 saturated heterocycles. The molecule has 0 spiro atoms. The fourth-order valence-corrected chi connectivity index (χ4v) is 4.62. The van der Waals surface area contributed by atoms with Crippen LogP contribution in [0.2, 0.25) is 5.02 Å². The lowest BCUT2D eigenvalue weighted by atomic mass is 10.0. The molecular weight excluding hydrogens is 506 g/mol. The van der Waals surface area contributed by atoms with Crippen LogP contribution in [0.15, 0.2) is 81.9 Å². The Morgan fingerprint density at radius 1 is 1.03 bits per heavy atom. The van der Waals surface area contributed by atoms with Gasteiger partial charge in [-0.25, -0.2) is 0 Å². The molecule has 4 aromatic carbocycles. The van der Waals surface area contributed by atoms with E-state index in [1.165, 1.54) is 19.2 Å². The topological polar surface area (TPSA) is 138 Å². The number of hydrogen-bond acceptors (Lipinski definition) is 7. The van der Waals surface area contributed by atoms with Gasteiger partial charge in [-0.3, -0.25) is 9.35 Å². The number of amides is 1. The number of phenolic OH excluding ortho intramolecular Hbond substituents is 1. The predicted octanol–water partition coefficient (Wildman–Crippen LogP) is 6.43. The number of ether oxygens (including phenoxy) is 1. The number of halogens is 1. The molecule has 0 aliphatic carbocycles. The Morgan fingerprint density at radius 3 is 2.50 bits per heavy atom. The number of carbonyl (C=O) groups is 1. The molecule has 0 aromatic heterocycles. The Kier molecular flexibility index (Phi) is 6.93. The number of rotatable bonds is 6.